The maximum absolute atomic E-state index is 8.81. The number of hydrogen-bond acceptors (Lipinski definition) is 3. The summed E-state index contributed by atoms with van der Waals surface area (Å²) in [6.07, 6.45) is 2.46. The number of rotatable bonds is 5. The molecule has 0 spiro atoms. The first kappa shape index (κ1) is 12.9. The van der Waals surface area contributed by atoms with Crippen LogP contribution in [0.3, 0.4) is 0 Å². The summed E-state index contributed by atoms with van der Waals surface area (Å²) in [5, 5.41) is 12.2. The number of piperidine rings is 1. The van der Waals surface area contributed by atoms with Gasteiger partial charge in [-0.25, -0.2) is 0 Å². The molecule has 0 bridgehead atoms. The van der Waals surface area contributed by atoms with Crippen molar-refractivity contribution in [1.82, 2.24) is 10.2 Å². The minimum atomic E-state index is 0.244. The van der Waals surface area contributed by atoms with Gasteiger partial charge < -0.3 is 10.4 Å². The summed E-state index contributed by atoms with van der Waals surface area (Å²) in [7, 11) is 0. The van der Waals surface area contributed by atoms with Gasteiger partial charge in [-0.1, -0.05) is 13.8 Å². The Hall–Kier alpha value is -0.120. The summed E-state index contributed by atoms with van der Waals surface area (Å²) in [5.74, 6) is 0.768. The zero-order valence-corrected chi connectivity index (χ0v) is 10.4. The Bertz CT molecular complexity index is 175. The Morgan fingerprint density at radius 3 is 2.80 bits per heavy atom. The fraction of sp³-hybridized carbons (Fsp3) is 1.00. The van der Waals surface area contributed by atoms with Crippen LogP contribution in [0.15, 0.2) is 0 Å². The SMILES string of the molecule is CCC(C)N1CC(C)CC(NCCO)C1. The Morgan fingerprint density at radius 1 is 1.47 bits per heavy atom. The lowest BCUT2D eigenvalue weighted by atomic mass is 9.94. The molecular weight excluding hydrogens is 188 g/mol. The molecule has 1 aliphatic rings. The van der Waals surface area contributed by atoms with Crippen LogP contribution in [-0.2, 0) is 0 Å². The van der Waals surface area contributed by atoms with Gasteiger partial charge in [0.15, 0.2) is 0 Å². The molecule has 0 radical (unpaired) electrons. The molecule has 0 aliphatic carbocycles. The molecule has 0 aromatic carbocycles. The fourth-order valence-electron chi connectivity index (χ4n) is 2.43. The molecule has 3 nitrogen and oxygen atoms in total. The summed E-state index contributed by atoms with van der Waals surface area (Å²) in [6, 6.07) is 1.25. The number of hydrogen-bond donors (Lipinski definition) is 2. The van der Waals surface area contributed by atoms with Gasteiger partial charge in [0.05, 0.1) is 6.61 Å². The average molecular weight is 214 g/mol. The van der Waals surface area contributed by atoms with E-state index in [-0.39, 0.29) is 6.61 Å². The highest BCUT2D eigenvalue weighted by Crippen LogP contribution is 2.19. The molecule has 90 valence electrons. The van der Waals surface area contributed by atoms with Crippen LogP contribution in [0.2, 0.25) is 0 Å². The third-order valence-electron chi connectivity index (χ3n) is 3.45. The summed E-state index contributed by atoms with van der Waals surface area (Å²) < 4.78 is 0. The molecule has 3 atom stereocenters. The summed E-state index contributed by atoms with van der Waals surface area (Å²) >= 11 is 0. The molecule has 1 fully saturated rings. The van der Waals surface area contributed by atoms with Gasteiger partial charge >= 0.3 is 0 Å². The smallest absolute Gasteiger partial charge is 0.0556 e. The van der Waals surface area contributed by atoms with Gasteiger partial charge in [0.25, 0.3) is 0 Å². The standard InChI is InChI=1S/C12H26N2O/c1-4-11(3)14-8-10(2)7-12(9-14)13-5-6-15/h10-13,15H,4-9H2,1-3H3. The van der Waals surface area contributed by atoms with Crippen LogP contribution in [0.5, 0.6) is 0 Å². The van der Waals surface area contributed by atoms with Crippen LogP contribution >= 0.6 is 0 Å². The van der Waals surface area contributed by atoms with Crippen molar-refractivity contribution < 1.29 is 5.11 Å². The van der Waals surface area contributed by atoms with Crippen molar-refractivity contribution in [1.29, 1.82) is 0 Å². The highest BCUT2D eigenvalue weighted by molar-refractivity contribution is 4.83. The molecule has 1 heterocycles. The lowest BCUT2D eigenvalue weighted by Crippen LogP contribution is -2.51. The van der Waals surface area contributed by atoms with Crippen LogP contribution in [0.4, 0.5) is 0 Å². The topological polar surface area (TPSA) is 35.5 Å². The summed E-state index contributed by atoms with van der Waals surface area (Å²) in [6.45, 7) is 10.2. The Balaban J connectivity index is 2.40. The summed E-state index contributed by atoms with van der Waals surface area (Å²) in [4.78, 5) is 2.57. The van der Waals surface area contributed by atoms with Crippen LogP contribution < -0.4 is 5.32 Å². The van der Waals surface area contributed by atoms with Crippen molar-refractivity contribution in [3.8, 4) is 0 Å². The summed E-state index contributed by atoms with van der Waals surface area (Å²) in [5.41, 5.74) is 0. The third kappa shape index (κ3) is 4.09. The minimum absolute atomic E-state index is 0.244. The number of aliphatic hydroxyl groups excluding tert-OH is 1. The molecule has 0 amide bonds. The van der Waals surface area contributed by atoms with E-state index in [1.807, 2.05) is 0 Å². The molecule has 1 rings (SSSR count). The van der Waals surface area contributed by atoms with Crippen LogP contribution in [0, 0.1) is 5.92 Å². The Kier molecular flexibility index (Phi) is 5.58. The molecule has 3 heteroatoms. The first-order valence-electron chi connectivity index (χ1n) is 6.25. The highest BCUT2D eigenvalue weighted by atomic mass is 16.3. The lowest BCUT2D eigenvalue weighted by molar-refractivity contribution is 0.106. The molecule has 1 saturated heterocycles. The van der Waals surface area contributed by atoms with E-state index in [1.54, 1.807) is 0 Å². The minimum Gasteiger partial charge on any atom is -0.395 e. The van der Waals surface area contributed by atoms with E-state index >= 15 is 0 Å². The first-order chi connectivity index (χ1) is 7.17. The average Bonchev–Trinajstić information content (AvgIpc) is 2.24. The van der Waals surface area contributed by atoms with Crippen molar-refractivity contribution in [2.24, 2.45) is 5.92 Å². The van der Waals surface area contributed by atoms with Crippen LogP contribution in [-0.4, -0.2) is 48.3 Å². The number of nitrogens with one attached hydrogen (secondary N) is 1. The van der Waals surface area contributed by atoms with Gasteiger partial charge in [0, 0.05) is 31.7 Å². The maximum atomic E-state index is 8.81. The van der Waals surface area contributed by atoms with Crippen molar-refractivity contribution >= 4 is 0 Å². The molecule has 15 heavy (non-hydrogen) atoms. The van der Waals surface area contributed by atoms with Gasteiger partial charge in [-0.2, -0.15) is 0 Å². The second kappa shape index (κ2) is 6.46. The molecule has 0 aromatic rings. The number of nitrogens with zero attached hydrogens (tertiary/aromatic N) is 1. The van der Waals surface area contributed by atoms with Crippen molar-refractivity contribution in [2.75, 3.05) is 26.2 Å². The van der Waals surface area contributed by atoms with Crippen LogP contribution in [0.1, 0.15) is 33.6 Å². The van der Waals surface area contributed by atoms with Crippen molar-refractivity contribution in [2.45, 2.75) is 45.7 Å². The van der Waals surface area contributed by atoms with E-state index in [9.17, 15) is 0 Å². The second-order valence-electron chi connectivity index (χ2n) is 4.93. The van der Waals surface area contributed by atoms with Gasteiger partial charge in [-0.15, -0.1) is 0 Å². The maximum Gasteiger partial charge on any atom is 0.0556 e. The third-order valence-corrected chi connectivity index (χ3v) is 3.45. The van der Waals surface area contributed by atoms with Crippen molar-refractivity contribution in [3.63, 3.8) is 0 Å². The number of aliphatic hydroxyl groups is 1. The molecule has 3 unspecified atom stereocenters. The number of likely N-dealkylation sites (tertiary alicyclic amines) is 1. The molecule has 1 aliphatic heterocycles. The quantitative estimate of drug-likeness (QED) is 0.719. The Morgan fingerprint density at radius 2 is 2.20 bits per heavy atom. The largest absolute Gasteiger partial charge is 0.395 e. The zero-order valence-electron chi connectivity index (χ0n) is 10.4. The predicted molar refractivity (Wildman–Crippen MR) is 64.0 cm³/mol. The zero-order chi connectivity index (χ0) is 11.3. The van der Waals surface area contributed by atoms with Crippen molar-refractivity contribution in [3.05, 3.63) is 0 Å². The Labute approximate surface area is 93.9 Å². The van der Waals surface area contributed by atoms with Gasteiger partial charge in [0.2, 0.25) is 0 Å². The molecular formula is C12H26N2O. The lowest BCUT2D eigenvalue weighted by Gasteiger charge is -2.40. The monoisotopic (exact) mass is 214 g/mol. The van der Waals surface area contributed by atoms with Gasteiger partial charge in [0.1, 0.15) is 0 Å². The second-order valence-corrected chi connectivity index (χ2v) is 4.93. The highest BCUT2D eigenvalue weighted by Gasteiger charge is 2.26. The van der Waals surface area contributed by atoms with E-state index in [0.717, 1.165) is 19.0 Å². The van der Waals surface area contributed by atoms with E-state index < -0.39 is 0 Å². The predicted octanol–water partition coefficient (Wildman–Crippen LogP) is 1.08. The molecule has 0 saturated carbocycles. The van der Waals surface area contributed by atoms with E-state index in [2.05, 4.69) is 31.0 Å². The fourth-order valence-corrected chi connectivity index (χ4v) is 2.43. The van der Waals surface area contributed by atoms with Gasteiger partial charge in [-0.3, -0.25) is 4.90 Å². The first-order valence-corrected chi connectivity index (χ1v) is 6.25. The molecule has 0 aromatic heterocycles. The normalized spacial score (nSPS) is 30.4. The van der Waals surface area contributed by atoms with E-state index in [0.29, 0.717) is 12.1 Å². The van der Waals surface area contributed by atoms with Crippen LogP contribution in [0.25, 0.3) is 0 Å². The van der Waals surface area contributed by atoms with E-state index in [1.165, 1.54) is 19.4 Å². The molecule has 2 N–H and O–H groups in total. The van der Waals surface area contributed by atoms with E-state index in [4.69, 9.17) is 5.11 Å². The van der Waals surface area contributed by atoms with Gasteiger partial charge in [-0.05, 0) is 25.7 Å².